The Kier molecular flexibility index (Phi) is 4.00. The second-order valence-corrected chi connectivity index (χ2v) is 4.24. The zero-order chi connectivity index (χ0) is 14.5. The van der Waals surface area contributed by atoms with Crippen LogP contribution in [0.3, 0.4) is 0 Å². The zero-order valence-corrected chi connectivity index (χ0v) is 10.5. The molecule has 0 aliphatic carbocycles. The molecule has 0 bridgehead atoms. The van der Waals surface area contributed by atoms with Crippen LogP contribution in [0.2, 0.25) is 0 Å². The van der Waals surface area contributed by atoms with Gasteiger partial charge in [0.25, 0.3) is 5.91 Å². The molecule has 0 fully saturated rings. The van der Waals surface area contributed by atoms with Gasteiger partial charge < -0.3 is 10.2 Å². The average molecular weight is 271 g/mol. The third-order valence-electron chi connectivity index (χ3n) is 2.70. The number of amides is 2. The van der Waals surface area contributed by atoms with E-state index in [1.165, 1.54) is 12.1 Å². The van der Waals surface area contributed by atoms with Gasteiger partial charge in [0.2, 0.25) is 5.91 Å². The molecule has 0 heterocycles. The maximum Gasteiger partial charge on any atom is 0.257 e. The highest BCUT2D eigenvalue weighted by Crippen LogP contribution is 2.24. The van der Waals surface area contributed by atoms with Crippen LogP contribution >= 0.6 is 0 Å². The third-order valence-corrected chi connectivity index (χ3v) is 2.70. The number of aromatic hydroxyl groups is 2. The van der Waals surface area contributed by atoms with E-state index in [0.29, 0.717) is 0 Å². The number of hydrogen-bond acceptors (Lipinski definition) is 4. The van der Waals surface area contributed by atoms with Gasteiger partial charge in [0, 0.05) is 5.56 Å². The highest BCUT2D eigenvalue weighted by Gasteiger charge is 2.12. The monoisotopic (exact) mass is 271 g/mol. The van der Waals surface area contributed by atoms with E-state index >= 15 is 0 Å². The molecule has 3 N–H and O–H groups in total. The van der Waals surface area contributed by atoms with Gasteiger partial charge in [-0.05, 0) is 23.8 Å². The summed E-state index contributed by atoms with van der Waals surface area (Å²) in [4.78, 5) is 23.5. The first-order valence-corrected chi connectivity index (χ1v) is 5.96. The van der Waals surface area contributed by atoms with E-state index in [1.807, 2.05) is 18.2 Å². The molecule has 0 atom stereocenters. The zero-order valence-electron chi connectivity index (χ0n) is 10.5. The number of benzene rings is 2. The van der Waals surface area contributed by atoms with Gasteiger partial charge in [0.15, 0.2) is 11.5 Å². The molecule has 0 aliphatic heterocycles. The van der Waals surface area contributed by atoms with E-state index in [0.717, 1.165) is 11.6 Å². The molecule has 0 aromatic heterocycles. The summed E-state index contributed by atoms with van der Waals surface area (Å²) in [6.45, 7) is 0. The summed E-state index contributed by atoms with van der Waals surface area (Å²) in [5.74, 6) is -1.79. The Balaban J connectivity index is 2.00. The lowest BCUT2D eigenvalue weighted by atomic mass is 10.1. The largest absolute Gasteiger partial charge is 0.504 e. The average Bonchev–Trinajstić information content (AvgIpc) is 2.42. The molecule has 0 radical (unpaired) electrons. The van der Waals surface area contributed by atoms with Crippen LogP contribution < -0.4 is 5.32 Å². The number of phenols is 2. The minimum Gasteiger partial charge on any atom is -0.504 e. The lowest BCUT2D eigenvalue weighted by Gasteiger charge is -2.05. The predicted octanol–water partition coefficient (Wildman–Crippen LogP) is 1.60. The molecule has 2 amide bonds. The van der Waals surface area contributed by atoms with Crippen molar-refractivity contribution in [3.05, 3.63) is 59.7 Å². The summed E-state index contributed by atoms with van der Waals surface area (Å²) in [5.41, 5.74) is 0.896. The van der Waals surface area contributed by atoms with Crippen molar-refractivity contribution >= 4 is 11.8 Å². The van der Waals surface area contributed by atoms with E-state index in [4.69, 9.17) is 5.11 Å². The Hall–Kier alpha value is -2.82. The summed E-state index contributed by atoms with van der Waals surface area (Å²) in [7, 11) is 0. The van der Waals surface area contributed by atoms with Crippen molar-refractivity contribution in [3.8, 4) is 11.5 Å². The standard InChI is InChI=1S/C15H13NO4/c17-12-7-6-11(9-13(12)18)15(20)16-14(19)8-10-4-2-1-3-5-10/h1-7,9,17-18H,8H2,(H,16,19,20). The number of hydrogen-bond donors (Lipinski definition) is 3. The molecule has 5 heteroatoms. The summed E-state index contributed by atoms with van der Waals surface area (Å²) in [6.07, 6.45) is 0.0939. The van der Waals surface area contributed by atoms with Gasteiger partial charge in [-0.2, -0.15) is 0 Å². The van der Waals surface area contributed by atoms with Crippen LogP contribution in [0.1, 0.15) is 15.9 Å². The van der Waals surface area contributed by atoms with Crippen molar-refractivity contribution in [3.63, 3.8) is 0 Å². The first-order chi connectivity index (χ1) is 9.56. The van der Waals surface area contributed by atoms with Gasteiger partial charge in [-0.15, -0.1) is 0 Å². The van der Waals surface area contributed by atoms with Crippen LogP contribution in [-0.2, 0) is 11.2 Å². The molecule has 0 spiro atoms. The maximum absolute atomic E-state index is 11.8. The number of carbonyl (C=O) groups is 2. The Morgan fingerprint density at radius 1 is 0.950 bits per heavy atom. The van der Waals surface area contributed by atoms with E-state index in [-0.39, 0.29) is 17.7 Å². The van der Waals surface area contributed by atoms with Crippen molar-refractivity contribution in [1.82, 2.24) is 5.32 Å². The second kappa shape index (κ2) is 5.88. The van der Waals surface area contributed by atoms with E-state index in [2.05, 4.69) is 5.32 Å². The summed E-state index contributed by atoms with van der Waals surface area (Å²) in [5, 5.41) is 20.7. The van der Waals surface area contributed by atoms with Gasteiger partial charge >= 0.3 is 0 Å². The smallest absolute Gasteiger partial charge is 0.257 e. The first-order valence-electron chi connectivity index (χ1n) is 5.96. The summed E-state index contributed by atoms with van der Waals surface area (Å²) >= 11 is 0. The molecule has 20 heavy (non-hydrogen) atoms. The topological polar surface area (TPSA) is 86.6 Å². The molecule has 2 aromatic carbocycles. The highest BCUT2D eigenvalue weighted by molar-refractivity contribution is 6.05. The fourth-order valence-corrected chi connectivity index (χ4v) is 1.69. The molecular weight excluding hydrogens is 258 g/mol. The maximum atomic E-state index is 11.8. The van der Waals surface area contributed by atoms with Crippen LogP contribution in [-0.4, -0.2) is 22.0 Å². The Morgan fingerprint density at radius 2 is 1.65 bits per heavy atom. The fraction of sp³-hybridized carbons (Fsp3) is 0.0667. The van der Waals surface area contributed by atoms with Crippen molar-refractivity contribution in [1.29, 1.82) is 0 Å². The molecule has 2 aromatic rings. The summed E-state index contributed by atoms with van der Waals surface area (Å²) in [6, 6.07) is 12.6. The Bertz CT molecular complexity index is 638. The third kappa shape index (κ3) is 3.35. The van der Waals surface area contributed by atoms with E-state index in [1.54, 1.807) is 12.1 Å². The molecule has 0 saturated heterocycles. The second-order valence-electron chi connectivity index (χ2n) is 4.24. The van der Waals surface area contributed by atoms with Crippen LogP contribution in [0.4, 0.5) is 0 Å². The number of imide groups is 1. The lowest BCUT2D eigenvalue weighted by molar-refractivity contribution is -0.119. The molecule has 0 unspecified atom stereocenters. The van der Waals surface area contributed by atoms with E-state index < -0.39 is 17.6 Å². The quantitative estimate of drug-likeness (QED) is 0.740. The minimum atomic E-state index is -0.624. The predicted molar refractivity (Wildman–Crippen MR) is 72.4 cm³/mol. The van der Waals surface area contributed by atoms with E-state index in [9.17, 15) is 14.7 Å². The Morgan fingerprint density at radius 3 is 2.30 bits per heavy atom. The molecule has 5 nitrogen and oxygen atoms in total. The van der Waals surface area contributed by atoms with Crippen molar-refractivity contribution in [2.75, 3.05) is 0 Å². The van der Waals surface area contributed by atoms with Gasteiger partial charge in [-0.3, -0.25) is 14.9 Å². The highest BCUT2D eigenvalue weighted by atomic mass is 16.3. The SMILES string of the molecule is O=C(Cc1ccccc1)NC(=O)c1ccc(O)c(O)c1. The van der Waals surface area contributed by atoms with Gasteiger partial charge in [0.05, 0.1) is 6.42 Å². The lowest BCUT2D eigenvalue weighted by Crippen LogP contribution is -2.31. The Labute approximate surface area is 115 Å². The van der Waals surface area contributed by atoms with Crippen LogP contribution in [0.15, 0.2) is 48.5 Å². The normalized spacial score (nSPS) is 10.0. The van der Waals surface area contributed by atoms with Crippen molar-refractivity contribution < 1.29 is 19.8 Å². The minimum absolute atomic E-state index is 0.0939. The summed E-state index contributed by atoms with van der Waals surface area (Å²) < 4.78 is 0. The molecular formula is C15H13NO4. The first kappa shape index (κ1) is 13.6. The van der Waals surface area contributed by atoms with Gasteiger partial charge in [0.1, 0.15) is 0 Å². The van der Waals surface area contributed by atoms with Crippen LogP contribution in [0.25, 0.3) is 0 Å². The van der Waals surface area contributed by atoms with Crippen LogP contribution in [0.5, 0.6) is 11.5 Å². The van der Waals surface area contributed by atoms with Crippen molar-refractivity contribution in [2.45, 2.75) is 6.42 Å². The fourth-order valence-electron chi connectivity index (χ4n) is 1.69. The van der Waals surface area contributed by atoms with Crippen LogP contribution in [0, 0.1) is 0 Å². The number of rotatable bonds is 3. The molecule has 2 rings (SSSR count). The number of phenolic OH excluding ortho intramolecular Hbond substituents is 2. The number of carbonyl (C=O) groups excluding carboxylic acids is 2. The van der Waals surface area contributed by atoms with Gasteiger partial charge in [-0.25, -0.2) is 0 Å². The molecule has 102 valence electrons. The molecule has 0 aliphatic rings. The van der Waals surface area contributed by atoms with Crippen molar-refractivity contribution in [2.24, 2.45) is 0 Å². The van der Waals surface area contributed by atoms with Gasteiger partial charge in [-0.1, -0.05) is 30.3 Å². The number of nitrogens with one attached hydrogen (secondary N) is 1. The molecule has 0 saturated carbocycles.